The molecule has 0 spiro atoms. The highest BCUT2D eigenvalue weighted by Gasteiger charge is 2.09. The van der Waals surface area contributed by atoms with Gasteiger partial charge >= 0.3 is 0 Å². The minimum Gasteiger partial charge on any atom is -0.0654 e. The van der Waals surface area contributed by atoms with E-state index in [1.165, 1.54) is 99.8 Å². The summed E-state index contributed by atoms with van der Waals surface area (Å²) in [5.41, 5.74) is 3.01. The third kappa shape index (κ3) is 8.08. The Morgan fingerprint density at radius 2 is 1.15 bits per heavy atom. The van der Waals surface area contributed by atoms with Crippen molar-refractivity contribution >= 4 is 10.8 Å². The monoisotopic (exact) mass is 366 g/mol. The highest BCUT2D eigenvalue weighted by Crippen LogP contribution is 2.29. The van der Waals surface area contributed by atoms with Crippen LogP contribution >= 0.6 is 0 Å². The fraction of sp³-hybridized carbons (Fsp3) is 0.630. The number of unbranched alkanes of at least 4 members (excludes halogenated alkanes) is 11. The lowest BCUT2D eigenvalue weighted by molar-refractivity contribution is 0.528. The lowest BCUT2D eigenvalue weighted by Crippen LogP contribution is -1.97. The SMILES string of the molecule is CCCCCCCCCCCCCCC(C)c1cc2ccccc2cc1C. The van der Waals surface area contributed by atoms with Crippen LogP contribution in [0.25, 0.3) is 10.8 Å². The molecule has 0 nitrogen and oxygen atoms in total. The number of fused-ring (bicyclic) bond motifs is 1. The standard InChI is InChI=1S/C27H42/c1-4-5-6-7-8-9-10-11-12-13-14-15-18-23(2)27-22-26-20-17-16-19-25(26)21-24(27)3/h16-17,19-23H,4-15,18H2,1-3H3. The van der Waals surface area contributed by atoms with E-state index in [9.17, 15) is 0 Å². The molecule has 0 saturated carbocycles. The highest BCUT2D eigenvalue weighted by atomic mass is 14.1. The molecule has 0 heteroatoms. The van der Waals surface area contributed by atoms with Gasteiger partial charge in [0.05, 0.1) is 0 Å². The minimum atomic E-state index is 0.678. The van der Waals surface area contributed by atoms with Gasteiger partial charge in [-0.05, 0) is 41.2 Å². The minimum absolute atomic E-state index is 0.678. The lowest BCUT2D eigenvalue weighted by atomic mass is 9.89. The van der Waals surface area contributed by atoms with E-state index in [0.29, 0.717) is 5.92 Å². The zero-order valence-electron chi connectivity index (χ0n) is 18.2. The third-order valence-corrected chi connectivity index (χ3v) is 6.16. The maximum atomic E-state index is 2.43. The van der Waals surface area contributed by atoms with Gasteiger partial charge in [0.2, 0.25) is 0 Å². The van der Waals surface area contributed by atoms with Crippen LogP contribution in [0.1, 0.15) is 114 Å². The van der Waals surface area contributed by atoms with E-state index in [-0.39, 0.29) is 0 Å². The Balaban J connectivity index is 1.56. The molecule has 0 saturated heterocycles. The van der Waals surface area contributed by atoms with E-state index in [0.717, 1.165) is 0 Å². The maximum Gasteiger partial charge on any atom is -0.0181 e. The van der Waals surface area contributed by atoms with Crippen molar-refractivity contribution in [3.63, 3.8) is 0 Å². The average Bonchev–Trinajstić information content (AvgIpc) is 2.68. The summed E-state index contributed by atoms with van der Waals surface area (Å²) in [6.45, 7) is 6.99. The summed E-state index contributed by atoms with van der Waals surface area (Å²) in [4.78, 5) is 0. The summed E-state index contributed by atoms with van der Waals surface area (Å²) in [6, 6.07) is 13.5. The summed E-state index contributed by atoms with van der Waals surface area (Å²) in [5, 5.41) is 2.76. The van der Waals surface area contributed by atoms with Crippen LogP contribution < -0.4 is 0 Å². The number of rotatable bonds is 14. The zero-order chi connectivity index (χ0) is 19.3. The second-order valence-corrected chi connectivity index (χ2v) is 8.63. The first-order valence-corrected chi connectivity index (χ1v) is 11.7. The van der Waals surface area contributed by atoms with Gasteiger partial charge in [0, 0.05) is 0 Å². The first kappa shape index (κ1) is 22.0. The van der Waals surface area contributed by atoms with Gasteiger partial charge in [0.25, 0.3) is 0 Å². The van der Waals surface area contributed by atoms with E-state index in [1.54, 1.807) is 5.56 Å². The lowest BCUT2D eigenvalue weighted by Gasteiger charge is -2.16. The van der Waals surface area contributed by atoms with Crippen molar-refractivity contribution in [1.82, 2.24) is 0 Å². The molecule has 0 fully saturated rings. The van der Waals surface area contributed by atoms with Crippen molar-refractivity contribution in [2.75, 3.05) is 0 Å². The molecule has 27 heavy (non-hydrogen) atoms. The Morgan fingerprint density at radius 3 is 1.70 bits per heavy atom. The van der Waals surface area contributed by atoms with Gasteiger partial charge in [0.1, 0.15) is 0 Å². The highest BCUT2D eigenvalue weighted by molar-refractivity contribution is 5.84. The Bertz CT molecular complexity index is 640. The predicted molar refractivity (Wildman–Crippen MR) is 123 cm³/mol. The molecule has 0 amide bonds. The quantitative estimate of drug-likeness (QED) is 0.292. The van der Waals surface area contributed by atoms with Gasteiger partial charge in [0.15, 0.2) is 0 Å². The van der Waals surface area contributed by atoms with Gasteiger partial charge in [-0.2, -0.15) is 0 Å². The molecule has 0 aliphatic rings. The molecule has 0 radical (unpaired) electrons. The molecular formula is C27H42. The van der Waals surface area contributed by atoms with Crippen LogP contribution in [-0.2, 0) is 0 Å². The van der Waals surface area contributed by atoms with E-state index in [1.807, 2.05) is 0 Å². The number of hydrogen-bond acceptors (Lipinski definition) is 0. The van der Waals surface area contributed by atoms with Gasteiger partial charge in [-0.15, -0.1) is 0 Å². The largest absolute Gasteiger partial charge is 0.0654 e. The molecule has 1 unspecified atom stereocenters. The smallest absolute Gasteiger partial charge is 0.0181 e. The summed E-state index contributed by atoms with van der Waals surface area (Å²) in [6.07, 6.45) is 18.5. The molecule has 2 rings (SSSR count). The van der Waals surface area contributed by atoms with Crippen molar-refractivity contribution in [2.24, 2.45) is 0 Å². The Hall–Kier alpha value is -1.30. The molecule has 2 aromatic rings. The molecule has 0 aliphatic heterocycles. The topological polar surface area (TPSA) is 0 Å². The molecule has 1 atom stereocenters. The fourth-order valence-electron chi connectivity index (χ4n) is 4.35. The van der Waals surface area contributed by atoms with E-state index in [2.05, 4.69) is 57.2 Å². The van der Waals surface area contributed by atoms with E-state index in [4.69, 9.17) is 0 Å². The van der Waals surface area contributed by atoms with Gasteiger partial charge in [-0.3, -0.25) is 0 Å². The number of benzene rings is 2. The van der Waals surface area contributed by atoms with Crippen LogP contribution in [0.3, 0.4) is 0 Å². The predicted octanol–water partition coefficient (Wildman–Crippen LogP) is 9.34. The fourth-order valence-corrected chi connectivity index (χ4v) is 4.35. The first-order chi connectivity index (χ1) is 13.2. The molecule has 2 aromatic carbocycles. The van der Waals surface area contributed by atoms with Gasteiger partial charge < -0.3 is 0 Å². The normalized spacial score (nSPS) is 12.6. The van der Waals surface area contributed by atoms with Crippen LogP contribution in [0.5, 0.6) is 0 Å². The summed E-state index contributed by atoms with van der Waals surface area (Å²) in [5.74, 6) is 0.678. The van der Waals surface area contributed by atoms with Crippen LogP contribution in [0.15, 0.2) is 36.4 Å². The van der Waals surface area contributed by atoms with Crippen molar-refractivity contribution in [2.45, 2.75) is 110 Å². The molecule has 0 N–H and O–H groups in total. The Morgan fingerprint density at radius 1 is 0.667 bits per heavy atom. The number of aryl methyl sites for hydroxylation is 1. The van der Waals surface area contributed by atoms with Crippen molar-refractivity contribution in [3.8, 4) is 0 Å². The second-order valence-electron chi connectivity index (χ2n) is 8.63. The van der Waals surface area contributed by atoms with Crippen LogP contribution in [-0.4, -0.2) is 0 Å². The molecule has 0 aliphatic carbocycles. The molecule has 0 bridgehead atoms. The Kier molecular flexibility index (Phi) is 10.6. The summed E-state index contributed by atoms with van der Waals surface area (Å²) >= 11 is 0. The molecule has 150 valence electrons. The van der Waals surface area contributed by atoms with Crippen molar-refractivity contribution in [1.29, 1.82) is 0 Å². The Labute approximate surface area is 168 Å². The first-order valence-electron chi connectivity index (χ1n) is 11.7. The van der Waals surface area contributed by atoms with Crippen LogP contribution in [0.4, 0.5) is 0 Å². The van der Waals surface area contributed by atoms with E-state index < -0.39 is 0 Å². The van der Waals surface area contributed by atoms with Gasteiger partial charge in [-0.25, -0.2) is 0 Å². The van der Waals surface area contributed by atoms with Crippen LogP contribution in [0.2, 0.25) is 0 Å². The average molecular weight is 367 g/mol. The second kappa shape index (κ2) is 13.0. The zero-order valence-corrected chi connectivity index (χ0v) is 18.2. The summed E-state index contributed by atoms with van der Waals surface area (Å²) < 4.78 is 0. The molecular weight excluding hydrogens is 324 g/mol. The van der Waals surface area contributed by atoms with E-state index >= 15 is 0 Å². The maximum absolute atomic E-state index is 2.43. The van der Waals surface area contributed by atoms with Gasteiger partial charge in [-0.1, -0.05) is 127 Å². The van der Waals surface area contributed by atoms with Crippen LogP contribution in [0, 0.1) is 6.92 Å². The van der Waals surface area contributed by atoms with Crippen molar-refractivity contribution in [3.05, 3.63) is 47.5 Å². The third-order valence-electron chi connectivity index (χ3n) is 6.16. The number of hydrogen-bond donors (Lipinski definition) is 0. The molecule has 0 heterocycles. The summed E-state index contributed by atoms with van der Waals surface area (Å²) in [7, 11) is 0. The van der Waals surface area contributed by atoms with Crippen molar-refractivity contribution < 1.29 is 0 Å². The molecule has 0 aromatic heterocycles.